The van der Waals surface area contributed by atoms with Crippen molar-refractivity contribution in [3.05, 3.63) is 29.8 Å². The van der Waals surface area contributed by atoms with E-state index in [0.29, 0.717) is 11.7 Å². The summed E-state index contributed by atoms with van der Waals surface area (Å²) in [4.78, 5) is 12.7. The van der Waals surface area contributed by atoms with Gasteiger partial charge in [-0.05, 0) is 55.4 Å². The number of Topliss-reactive ketones (excluding diaryl/α,β-unsaturated/α-hetero) is 1. The van der Waals surface area contributed by atoms with Crippen LogP contribution in [0.2, 0.25) is 0 Å². The number of ketones is 1. The Bertz CT molecular complexity index is 569. The van der Waals surface area contributed by atoms with Gasteiger partial charge in [0, 0.05) is 12.0 Å². The van der Waals surface area contributed by atoms with Gasteiger partial charge in [0.1, 0.15) is 5.75 Å². The van der Waals surface area contributed by atoms with Gasteiger partial charge in [0.2, 0.25) is 0 Å². The van der Waals surface area contributed by atoms with Crippen LogP contribution in [0.4, 0.5) is 0 Å². The molecule has 0 unspecified atom stereocenters. The van der Waals surface area contributed by atoms with Crippen molar-refractivity contribution in [2.75, 3.05) is 6.61 Å². The van der Waals surface area contributed by atoms with E-state index in [9.17, 15) is 4.79 Å². The third-order valence-corrected chi connectivity index (χ3v) is 7.10. The first kappa shape index (κ1) is 25.9. The molecule has 2 nitrogen and oxygen atoms in total. The molecular formula is C29H48O2. The summed E-state index contributed by atoms with van der Waals surface area (Å²) in [7, 11) is 0. The topological polar surface area (TPSA) is 26.3 Å². The lowest BCUT2D eigenvalue weighted by molar-refractivity contribution is 0.0941. The molecule has 1 aromatic carbocycles. The van der Waals surface area contributed by atoms with Crippen LogP contribution in [0, 0.1) is 11.8 Å². The van der Waals surface area contributed by atoms with Crippen molar-refractivity contribution in [2.45, 2.75) is 123 Å². The fraction of sp³-hybridized carbons (Fsp3) is 0.759. The Kier molecular flexibility index (Phi) is 13.7. The number of hydrogen-bond donors (Lipinski definition) is 0. The smallest absolute Gasteiger partial charge is 0.163 e. The molecule has 176 valence electrons. The molecule has 1 aliphatic carbocycles. The molecule has 0 radical (unpaired) electrons. The number of carbonyl (C=O) groups excluding carboxylic acids is 1. The first-order valence-electron chi connectivity index (χ1n) is 13.5. The predicted octanol–water partition coefficient (Wildman–Crippen LogP) is 9.17. The lowest BCUT2D eigenvalue weighted by Crippen LogP contribution is -2.17. The van der Waals surface area contributed by atoms with E-state index >= 15 is 0 Å². The largest absolute Gasteiger partial charge is 0.494 e. The van der Waals surface area contributed by atoms with Gasteiger partial charge in [-0.3, -0.25) is 4.79 Å². The maximum atomic E-state index is 12.7. The van der Waals surface area contributed by atoms with Crippen LogP contribution in [0.3, 0.4) is 0 Å². The molecule has 0 aliphatic heterocycles. The fourth-order valence-corrected chi connectivity index (χ4v) is 4.95. The number of hydrogen-bond acceptors (Lipinski definition) is 2. The van der Waals surface area contributed by atoms with E-state index in [1.54, 1.807) is 0 Å². The second-order valence-corrected chi connectivity index (χ2v) is 9.86. The SMILES string of the molecule is CCCCCCCCOc1ccc(C(=O)C[C@H]2CC[C@H](CCCCCCC)CC2)cc1. The molecule has 1 aromatic rings. The van der Waals surface area contributed by atoms with Crippen LogP contribution in [0.5, 0.6) is 5.75 Å². The molecule has 31 heavy (non-hydrogen) atoms. The average Bonchev–Trinajstić information content (AvgIpc) is 2.80. The summed E-state index contributed by atoms with van der Waals surface area (Å²) in [6, 6.07) is 7.86. The summed E-state index contributed by atoms with van der Waals surface area (Å²) in [5.41, 5.74) is 0.852. The second-order valence-electron chi connectivity index (χ2n) is 9.86. The number of rotatable bonds is 17. The van der Waals surface area contributed by atoms with E-state index in [1.165, 1.54) is 96.3 Å². The molecule has 0 bridgehead atoms. The predicted molar refractivity (Wildman–Crippen MR) is 133 cm³/mol. The maximum Gasteiger partial charge on any atom is 0.163 e. The van der Waals surface area contributed by atoms with Gasteiger partial charge in [-0.2, -0.15) is 0 Å². The van der Waals surface area contributed by atoms with Gasteiger partial charge < -0.3 is 4.74 Å². The van der Waals surface area contributed by atoms with Crippen LogP contribution in [0.15, 0.2) is 24.3 Å². The molecule has 0 aromatic heterocycles. The number of carbonyl (C=O) groups is 1. The zero-order chi connectivity index (χ0) is 22.2. The van der Waals surface area contributed by atoms with E-state index < -0.39 is 0 Å². The highest BCUT2D eigenvalue weighted by atomic mass is 16.5. The van der Waals surface area contributed by atoms with E-state index in [4.69, 9.17) is 4.74 Å². The summed E-state index contributed by atoms with van der Waals surface area (Å²) in [6.07, 6.45) is 21.9. The van der Waals surface area contributed by atoms with Crippen LogP contribution >= 0.6 is 0 Å². The Labute approximate surface area is 192 Å². The lowest BCUT2D eigenvalue weighted by atomic mass is 9.77. The average molecular weight is 429 g/mol. The van der Waals surface area contributed by atoms with Gasteiger partial charge in [0.25, 0.3) is 0 Å². The highest BCUT2D eigenvalue weighted by molar-refractivity contribution is 5.96. The minimum atomic E-state index is 0.311. The standard InChI is InChI=1S/C29H48O2/c1-3-5-7-9-11-13-23-31-28-21-19-27(20-22-28)29(30)24-26-17-15-25(16-18-26)14-12-10-8-6-4-2/h19-22,25-26H,3-18,23-24H2,1-2H3/t25-,26-. The molecule has 1 saturated carbocycles. The molecule has 1 aliphatic rings. The minimum Gasteiger partial charge on any atom is -0.494 e. The Morgan fingerprint density at radius 1 is 0.742 bits per heavy atom. The van der Waals surface area contributed by atoms with Crippen LogP contribution in [0.25, 0.3) is 0 Å². The van der Waals surface area contributed by atoms with Crippen molar-refractivity contribution >= 4 is 5.78 Å². The summed E-state index contributed by atoms with van der Waals surface area (Å²) in [6.45, 7) is 5.31. The Balaban J connectivity index is 1.59. The molecule has 2 rings (SSSR count). The van der Waals surface area contributed by atoms with Crippen molar-refractivity contribution in [1.29, 1.82) is 0 Å². The molecule has 0 N–H and O–H groups in total. The van der Waals surface area contributed by atoms with Gasteiger partial charge in [-0.25, -0.2) is 0 Å². The molecule has 0 heterocycles. The highest BCUT2D eigenvalue weighted by Gasteiger charge is 2.23. The van der Waals surface area contributed by atoms with Crippen molar-refractivity contribution in [1.82, 2.24) is 0 Å². The van der Waals surface area contributed by atoms with Crippen LogP contribution in [0.1, 0.15) is 133 Å². The maximum absolute atomic E-state index is 12.7. The highest BCUT2D eigenvalue weighted by Crippen LogP contribution is 2.34. The first-order valence-corrected chi connectivity index (χ1v) is 13.5. The third kappa shape index (κ3) is 11.2. The van der Waals surface area contributed by atoms with E-state index in [0.717, 1.165) is 36.7 Å². The van der Waals surface area contributed by atoms with E-state index in [2.05, 4.69) is 13.8 Å². The lowest BCUT2D eigenvalue weighted by Gasteiger charge is -2.28. The Morgan fingerprint density at radius 3 is 1.94 bits per heavy atom. The zero-order valence-electron chi connectivity index (χ0n) is 20.5. The van der Waals surface area contributed by atoms with Crippen molar-refractivity contribution in [3.8, 4) is 5.75 Å². The molecule has 1 fully saturated rings. The summed E-state index contributed by atoms with van der Waals surface area (Å²) >= 11 is 0. The van der Waals surface area contributed by atoms with Gasteiger partial charge in [0.05, 0.1) is 6.61 Å². The van der Waals surface area contributed by atoms with Crippen LogP contribution < -0.4 is 4.74 Å². The Hall–Kier alpha value is -1.31. The molecule has 0 saturated heterocycles. The van der Waals surface area contributed by atoms with Gasteiger partial charge in [0.15, 0.2) is 5.78 Å². The van der Waals surface area contributed by atoms with Gasteiger partial charge in [-0.15, -0.1) is 0 Å². The minimum absolute atomic E-state index is 0.311. The van der Waals surface area contributed by atoms with Crippen molar-refractivity contribution in [3.63, 3.8) is 0 Å². The second kappa shape index (κ2) is 16.3. The quantitative estimate of drug-likeness (QED) is 0.182. The van der Waals surface area contributed by atoms with Crippen LogP contribution in [-0.4, -0.2) is 12.4 Å². The number of unbranched alkanes of at least 4 members (excludes halogenated alkanes) is 9. The molecule has 0 amide bonds. The summed E-state index contributed by atoms with van der Waals surface area (Å²) in [5, 5.41) is 0. The van der Waals surface area contributed by atoms with E-state index in [1.807, 2.05) is 24.3 Å². The summed E-state index contributed by atoms with van der Waals surface area (Å²) in [5.74, 6) is 2.71. The monoisotopic (exact) mass is 428 g/mol. The Morgan fingerprint density at radius 2 is 1.29 bits per heavy atom. The first-order chi connectivity index (χ1) is 15.2. The van der Waals surface area contributed by atoms with Gasteiger partial charge >= 0.3 is 0 Å². The number of ether oxygens (including phenoxy) is 1. The van der Waals surface area contributed by atoms with Crippen molar-refractivity contribution < 1.29 is 9.53 Å². The fourth-order valence-electron chi connectivity index (χ4n) is 4.95. The van der Waals surface area contributed by atoms with Gasteiger partial charge in [-0.1, -0.05) is 97.3 Å². The van der Waals surface area contributed by atoms with E-state index in [-0.39, 0.29) is 0 Å². The molecule has 0 atom stereocenters. The normalized spacial score (nSPS) is 18.8. The number of benzene rings is 1. The van der Waals surface area contributed by atoms with Crippen LogP contribution in [-0.2, 0) is 0 Å². The molecule has 0 spiro atoms. The van der Waals surface area contributed by atoms with Crippen molar-refractivity contribution in [2.24, 2.45) is 11.8 Å². The zero-order valence-corrected chi connectivity index (χ0v) is 20.5. The molecule has 2 heteroatoms. The third-order valence-electron chi connectivity index (χ3n) is 7.10. The molecular weight excluding hydrogens is 380 g/mol. The summed E-state index contributed by atoms with van der Waals surface area (Å²) < 4.78 is 5.85.